The van der Waals surface area contributed by atoms with Gasteiger partial charge in [-0.05, 0) is 29.8 Å². The number of anilines is 1. The lowest BCUT2D eigenvalue weighted by atomic mass is 10.2. The largest absolute Gasteiger partial charge is 0.367 e. The van der Waals surface area contributed by atoms with Gasteiger partial charge in [0.15, 0.2) is 0 Å². The van der Waals surface area contributed by atoms with Gasteiger partial charge in [0.05, 0.1) is 10.7 Å². The fourth-order valence-corrected chi connectivity index (χ4v) is 3.05. The van der Waals surface area contributed by atoms with Crippen LogP contribution in [0.4, 0.5) is 14.9 Å². The van der Waals surface area contributed by atoms with Crippen LogP contribution in [0.25, 0.3) is 0 Å². The molecule has 126 valence electrons. The van der Waals surface area contributed by atoms with Gasteiger partial charge in [-0.1, -0.05) is 35.9 Å². The van der Waals surface area contributed by atoms with Crippen LogP contribution in [0.3, 0.4) is 0 Å². The second-order valence-corrected chi connectivity index (χ2v) is 6.12. The van der Waals surface area contributed by atoms with Crippen molar-refractivity contribution in [3.63, 3.8) is 0 Å². The number of nitrogens with zero attached hydrogens (tertiary/aromatic N) is 2. The minimum Gasteiger partial charge on any atom is -0.367 e. The molecule has 0 bridgehead atoms. The van der Waals surface area contributed by atoms with Gasteiger partial charge >= 0.3 is 6.03 Å². The monoisotopic (exact) mass is 347 g/mol. The number of halogens is 2. The minimum absolute atomic E-state index is 0.127. The molecule has 2 aromatic carbocycles. The number of urea groups is 1. The molecule has 0 saturated carbocycles. The minimum atomic E-state index is -0.296. The lowest BCUT2D eigenvalue weighted by Gasteiger charge is -2.36. The van der Waals surface area contributed by atoms with Crippen LogP contribution in [0.2, 0.25) is 5.02 Å². The molecule has 0 spiro atoms. The van der Waals surface area contributed by atoms with Crippen LogP contribution >= 0.6 is 11.6 Å². The summed E-state index contributed by atoms with van der Waals surface area (Å²) in [5.74, 6) is -0.296. The first-order valence-corrected chi connectivity index (χ1v) is 8.28. The van der Waals surface area contributed by atoms with Crippen molar-refractivity contribution in [1.29, 1.82) is 0 Å². The van der Waals surface area contributed by atoms with Gasteiger partial charge in [-0.25, -0.2) is 9.18 Å². The van der Waals surface area contributed by atoms with Crippen molar-refractivity contribution in [2.45, 2.75) is 6.54 Å². The summed E-state index contributed by atoms with van der Waals surface area (Å²) < 4.78 is 13.1. The van der Waals surface area contributed by atoms with E-state index in [1.165, 1.54) is 12.1 Å². The standard InChI is InChI=1S/C18H19ClFN3O/c19-16-6-1-2-7-17(16)22-8-10-23(11-9-22)18(24)21-13-14-4-3-5-15(20)12-14/h1-7,12H,8-11,13H2,(H,21,24). The van der Waals surface area contributed by atoms with Crippen LogP contribution in [-0.4, -0.2) is 37.1 Å². The number of para-hydroxylation sites is 1. The van der Waals surface area contributed by atoms with Crippen LogP contribution in [0.1, 0.15) is 5.56 Å². The molecular formula is C18H19ClFN3O. The number of amides is 2. The first-order valence-electron chi connectivity index (χ1n) is 7.90. The zero-order valence-electron chi connectivity index (χ0n) is 13.2. The van der Waals surface area contributed by atoms with Crippen molar-refractivity contribution in [2.75, 3.05) is 31.1 Å². The van der Waals surface area contributed by atoms with Crippen molar-refractivity contribution < 1.29 is 9.18 Å². The van der Waals surface area contributed by atoms with Gasteiger partial charge in [-0.3, -0.25) is 0 Å². The van der Waals surface area contributed by atoms with Gasteiger partial charge < -0.3 is 15.1 Å². The first kappa shape index (κ1) is 16.6. The highest BCUT2D eigenvalue weighted by molar-refractivity contribution is 6.33. The van der Waals surface area contributed by atoms with Gasteiger partial charge in [0.2, 0.25) is 0 Å². The van der Waals surface area contributed by atoms with Crippen molar-refractivity contribution >= 4 is 23.3 Å². The highest BCUT2D eigenvalue weighted by atomic mass is 35.5. The summed E-state index contributed by atoms with van der Waals surface area (Å²) in [6, 6.07) is 13.8. The molecule has 1 saturated heterocycles. The van der Waals surface area contributed by atoms with E-state index in [0.717, 1.165) is 29.4 Å². The summed E-state index contributed by atoms with van der Waals surface area (Å²) >= 11 is 6.22. The Morgan fingerprint density at radius 1 is 1.08 bits per heavy atom. The maximum absolute atomic E-state index is 13.1. The molecule has 0 radical (unpaired) electrons. The molecule has 2 aromatic rings. The van der Waals surface area contributed by atoms with Crippen molar-refractivity contribution in [2.24, 2.45) is 0 Å². The molecule has 3 rings (SSSR count). The summed E-state index contributed by atoms with van der Waals surface area (Å²) in [6.45, 7) is 3.04. The Morgan fingerprint density at radius 3 is 2.54 bits per heavy atom. The third kappa shape index (κ3) is 3.97. The molecule has 24 heavy (non-hydrogen) atoms. The summed E-state index contributed by atoms with van der Waals surface area (Å²) in [6.07, 6.45) is 0. The van der Waals surface area contributed by atoms with Crippen LogP contribution in [0.15, 0.2) is 48.5 Å². The van der Waals surface area contributed by atoms with E-state index < -0.39 is 0 Å². The normalized spacial score (nSPS) is 14.6. The summed E-state index contributed by atoms with van der Waals surface area (Å²) in [5, 5.41) is 3.56. The van der Waals surface area contributed by atoms with Gasteiger partial charge in [0.1, 0.15) is 5.82 Å². The second-order valence-electron chi connectivity index (χ2n) is 5.71. The van der Waals surface area contributed by atoms with E-state index in [1.807, 2.05) is 24.3 Å². The average molecular weight is 348 g/mol. The number of benzene rings is 2. The number of rotatable bonds is 3. The van der Waals surface area contributed by atoms with E-state index in [9.17, 15) is 9.18 Å². The quantitative estimate of drug-likeness (QED) is 0.922. The number of hydrogen-bond acceptors (Lipinski definition) is 2. The molecule has 1 N–H and O–H groups in total. The van der Waals surface area contributed by atoms with Crippen molar-refractivity contribution in [3.8, 4) is 0 Å². The molecule has 0 aromatic heterocycles. The van der Waals surface area contributed by atoms with Gasteiger partial charge in [0.25, 0.3) is 0 Å². The first-order chi connectivity index (χ1) is 11.6. The molecule has 1 aliphatic heterocycles. The zero-order valence-corrected chi connectivity index (χ0v) is 14.0. The second kappa shape index (κ2) is 7.53. The van der Waals surface area contributed by atoms with Gasteiger partial charge in [-0.15, -0.1) is 0 Å². The number of nitrogens with one attached hydrogen (secondary N) is 1. The van der Waals surface area contributed by atoms with Crippen molar-refractivity contribution in [3.05, 3.63) is 64.9 Å². The predicted octanol–water partition coefficient (Wildman–Crippen LogP) is 3.51. The molecule has 1 fully saturated rings. The fraction of sp³-hybridized carbons (Fsp3) is 0.278. The van der Waals surface area contributed by atoms with E-state index in [0.29, 0.717) is 19.6 Å². The van der Waals surface area contributed by atoms with Crippen LogP contribution < -0.4 is 10.2 Å². The molecular weight excluding hydrogens is 329 g/mol. The molecule has 2 amide bonds. The third-order valence-corrected chi connectivity index (χ3v) is 4.41. The molecule has 0 atom stereocenters. The maximum atomic E-state index is 13.1. The Hall–Kier alpha value is -2.27. The van der Waals surface area contributed by atoms with Crippen LogP contribution in [0.5, 0.6) is 0 Å². The number of hydrogen-bond donors (Lipinski definition) is 1. The predicted molar refractivity (Wildman–Crippen MR) is 93.9 cm³/mol. The Balaban J connectivity index is 1.51. The SMILES string of the molecule is O=C(NCc1cccc(F)c1)N1CCN(c2ccccc2Cl)CC1. The molecule has 1 heterocycles. The highest BCUT2D eigenvalue weighted by Gasteiger charge is 2.22. The smallest absolute Gasteiger partial charge is 0.317 e. The fourth-order valence-electron chi connectivity index (χ4n) is 2.80. The Labute approximate surface area is 145 Å². The zero-order chi connectivity index (χ0) is 16.9. The topological polar surface area (TPSA) is 35.6 Å². The van der Waals surface area contributed by atoms with E-state index in [1.54, 1.807) is 17.0 Å². The molecule has 4 nitrogen and oxygen atoms in total. The van der Waals surface area contributed by atoms with E-state index >= 15 is 0 Å². The Bertz CT molecular complexity index is 717. The Kier molecular flexibility index (Phi) is 5.20. The van der Waals surface area contributed by atoms with Gasteiger partial charge in [0, 0.05) is 32.7 Å². The molecule has 0 aliphatic carbocycles. The lowest BCUT2D eigenvalue weighted by molar-refractivity contribution is 0.194. The summed E-state index contributed by atoms with van der Waals surface area (Å²) in [5.41, 5.74) is 1.75. The molecule has 0 unspecified atom stereocenters. The average Bonchev–Trinajstić information content (AvgIpc) is 2.60. The molecule has 1 aliphatic rings. The van der Waals surface area contributed by atoms with Gasteiger partial charge in [-0.2, -0.15) is 0 Å². The molecule has 6 heteroatoms. The maximum Gasteiger partial charge on any atom is 0.317 e. The third-order valence-electron chi connectivity index (χ3n) is 4.09. The lowest BCUT2D eigenvalue weighted by Crippen LogP contribution is -2.51. The van der Waals surface area contributed by atoms with Crippen molar-refractivity contribution in [1.82, 2.24) is 10.2 Å². The number of piperazine rings is 1. The number of carbonyl (C=O) groups excluding carboxylic acids is 1. The number of carbonyl (C=O) groups is 1. The highest BCUT2D eigenvalue weighted by Crippen LogP contribution is 2.25. The van der Waals surface area contributed by atoms with Crippen LogP contribution in [-0.2, 0) is 6.54 Å². The summed E-state index contributed by atoms with van der Waals surface area (Å²) in [7, 11) is 0. The summed E-state index contributed by atoms with van der Waals surface area (Å²) in [4.78, 5) is 16.2. The van der Waals surface area contributed by atoms with E-state index in [4.69, 9.17) is 11.6 Å². The Morgan fingerprint density at radius 2 is 1.83 bits per heavy atom. The van der Waals surface area contributed by atoms with E-state index in [2.05, 4.69) is 10.2 Å². The van der Waals surface area contributed by atoms with Crippen LogP contribution in [0, 0.1) is 5.82 Å². The van der Waals surface area contributed by atoms with E-state index in [-0.39, 0.29) is 11.8 Å².